The van der Waals surface area contributed by atoms with Crippen LogP contribution in [0, 0.1) is 0 Å². The first-order valence-electron chi connectivity index (χ1n) is 4.93. The van der Waals surface area contributed by atoms with Crippen molar-refractivity contribution in [2.75, 3.05) is 5.32 Å². The van der Waals surface area contributed by atoms with E-state index in [4.69, 9.17) is 11.6 Å². The Morgan fingerprint density at radius 3 is 2.50 bits per heavy atom. The number of rotatable bonds is 4. The average Bonchev–Trinajstić information content (AvgIpc) is 2.31. The molecule has 0 amide bonds. The number of nitrogens with zero attached hydrogens (tertiary/aromatic N) is 2. The molecule has 0 unspecified atom stereocenters. The summed E-state index contributed by atoms with van der Waals surface area (Å²) < 4.78 is 28.1. The van der Waals surface area contributed by atoms with Crippen molar-refractivity contribution in [3.05, 3.63) is 41.8 Å². The molecular weight excluding hydrogens is 264 g/mol. The van der Waals surface area contributed by atoms with Gasteiger partial charge in [-0.2, -0.15) is 8.78 Å². The van der Waals surface area contributed by atoms with Crippen molar-refractivity contribution < 1.29 is 13.5 Å². The van der Waals surface area contributed by atoms with E-state index in [2.05, 4.69) is 20.0 Å². The van der Waals surface area contributed by atoms with Crippen molar-refractivity contribution >= 4 is 23.1 Å². The van der Waals surface area contributed by atoms with Gasteiger partial charge >= 0.3 is 6.61 Å². The summed E-state index contributed by atoms with van der Waals surface area (Å²) >= 11 is 5.68. The second-order valence-electron chi connectivity index (χ2n) is 3.25. The van der Waals surface area contributed by atoms with Gasteiger partial charge in [0.2, 0.25) is 0 Å². The lowest BCUT2D eigenvalue weighted by molar-refractivity contribution is -0.0498. The van der Waals surface area contributed by atoms with Crippen molar-refractivity contribution in [1.82, 2.24) is 9.97 Å². The molecular formula is C11H8ClF2N3O. The van der Waals surface area contributed by atoms with Gasteiger partial charge in [-0.1, -0.05) is 11.6 Å². The van der Waals surface area contributed by atoms with Gasteiger partial charge in [-0.3, -0.25) is 4.98 Å². The molecule has 0 aliphatic rings. The van der Waals surface area contributed by atoms with Crippen LogP contribution < -0.4 is 10.1 Å². The summed E-state index contributed by atoms with van der Waals surface area (Å²) in [5.74, 6) is 0.553. The van der Waals surface area contributed by atoms with Gasteiger partial charge in [-0.05, 0) is 24.3 Å². The van der Waals surface area contributed by atoms with Crippen LogP contribution in [0.15, 0.2) is 36.7 Å². The minimum Gasteiger partial charge on any atom is -0.435 e. The Kier molecular flexibility index (Phi) is 3.88. The molecule has 7 heteroatoms. The van der Waals surface area contributed by atoms with E-state index < -0.39 is 6.61 Å². The van der Waals surface area contributed by atoms with E-state index in [1.165, 1.54) is 24.5 Å². The van der Waals surface area contributed by atoms with Crippen LogP contribution in [0.5, 0.6) is 5.75 Å². The summed E-state index contributed by atoms with van der Waals surface area (Å²) in [5.41, 5.74) is 0.660. The molecule has 2 aromatic rings. The quantitative estimate of drug-likeness (QED) is 0.925. The van der Waals surface area contributed by atoms with Crippen LogP contribution in [-0.4, -0.2) is 16.6 Å². The predicted octanol–water partition coefficient (Wildman–Crippen LogP) is 3.48. The molecule has 1 aromatic carbocycles. The van der Waals surface area contributed by atoms with E-state index in [-0.39, 0.29) is 10.9 Å². The lowest BCUT2D eigenvalue weighted by Gasteiger charge is -2.07. The van der Waals surface area contributed by atoms with Crippen molar-refractivity contribution in [2.45, 2.75) is 6.61 Å². The fraction of sp³-hybridized carbons (Fsp3) is 0.0909. The molecule has 0 saturated heterocycles. The fourth-order valence-corrected chi connectivity index (χ4v) is 1.42. The Morgan fingerprint density at radius 1 is 1.17 bits per heavy atom. The predicted molar refractivity (Wildman–Crippen MR) is 63.4 cm³/mol. The highest BCUT2D eigenvalue weighted by molar-refractivity contribution is 6.29. The second kappa shape index (κ2) is 5.59. The minimum atomic E-state index is -2.83. The molecule has 0 aliphatic carbocycles. The molecule has 18 heavy (non-hydrogen) atoms. The van der Waals surface area contributed by atoms with E-state index in [0.29, 0.717) is 11.5 Å². The number of aromatic nitrogens is 2. The third kappa shape index (κ3) is 3.53. The van der Waals surface area contributed by atoms with Crippen LogP contribution in [0.4, 0.5) is 20.3 Å². The smallest absolute Gasteiger partial charge is 0.387 e. The molecule has 94 valence electrons. The molecule has 0 bridgehead atoms. The van der Waals surface area contributed by atoms with Gasteiger partial charge in [0.1, 0.15) is 10.9 Å². The highest BCUT2D eigenvalue weighted by atomic mass is 35.5. The van der Waals surface area contributed by atoms with Gasteiger partial charge < -0.3 is 10.1 Å². The highest BCUT2D eigenvalue weighted by Gasteiger charge is 2.04. The van der Waals surface area contributed by atoms with Gasteiger partial charge in [0.05, 0.1) is 12.4 Å². The number of hydrogen-bond donors (Lipinski definition) is 1. The molecule has 1 N–H and O–H groups in total. The normalized spacial score (nSPS) is 10.4. The number of nitrogens with one attached hydrogen (secondary N) is 1. The van der Waals surface area contributed by atoms with E-state index >= 15 is 0 Å². The molecule has 0 aliphatic heterocycles. The lowest BCUT2D eigenvalue weighted by Crippen LogP contribution is -2.01. The van der Waals surface area contributed by atoms with Crippen molar-refractivity contribution in [3.8, 4) is 5.75 Å². The van der Waals surface area contributed by atoms with Gasteiger partial charge in [0, 0.05) is 5.69 Å². The standard InChI is InChI=1S/C11H8ClF2N3O/c12-9-5-15-6-10(17-9)16-7-1-3-8(4-2-7)18-11(13)14/h1-6,11H,(H,16,17). The molecule has 0 spiro atoms. The average molecular weight is 272 g/mol. The van der Waals surface area contributed by atoms with E-state index in [0.717, 1.165) is 0 Å². The largest absolute Gasteiger partial charge is 0.435 e. The van der Waals surface area contributed by atoms with E-state index in [1.807, 2.05) is 0 Å². The summed E-state index contributed by atoms with van der Waals surface area (Å²) in [6.07, 6.45) is 2.90. The van der Waals surface area contributed by atoms with Crippen LogP contribution in [-0.2, 0) is 0 Å². The number of hydrogen-bond acceptors (Lipinski definition) is 4. The number of halogens is 3. The summed E-state index contributed by atoms with van der Waals surface area (Å²) in [7, 11) is 0. The first-order valence-corrected chi connectivity index (χ1v) is 5.31. The SMILES string of the molecule is FC(F)Oc1ccc(Nc2cncc(Cl)n2)cc1. The van der Waals surface area contributed by atoms with Gasteiger partial charge in [0.15, 0.2) is 5.82 Å². The minimum absolute atomic E-state index is 0.0905. The zero-order chi connectivity index (χ0) is 13.0. The highest BCUT2D eigenvalue weighted by Crippen LogP contribution is 2.20. The zero-order valence-electron chi connectivity index (χ0n) is 8.98. The van der Waals surface area contributed by atoms with Gasteiger partial charge in [0.25, 0.3) is 0 Å². The van der Waals surface area contributed by atoms with E-state index in [1.54, 1.807) is 12.1 Å². The van der Waals surface area contributed by atoms with E-state index in [9.17, 15) is 8.78 Å². The number of anilines is 2. The summed E-state index contributed by atoms with van der Waals surface area (Å²) in [5, 5.41) is 3.19. The second-order valence-corrected chi connectivity index (χ2v) is 3.64. The maximum atomic E-state index is 11.9. The Balaban J connectivity index is 2.06. The van der Waals surface area contributed by atoms with Crippen molar-refractivity contribution in [3.63, 3.8) is 0 Å². The molecule has 1 heterocycles. The topological polar surface area (TPSA) is 47.0 Å². The summed E-state index contributed by atoms with van der Waals surface area (Å²) in [6, 6.07) is 6.01. The first-order chi connectivity index (χ1) is 8.63. The number of ether oxygens (including phenoxy) is 1. The molecule has 0 fully saturated rings. The molecule has 4 nitrogen and oxygen atoms in total. The van der Waals surface area contributed by atoms with Crippen molar-refractivity contribution in [1.29, 1.82) is 0 Å². The Hall–Kier alpha value is -1.95. The maximum Gasteiger partial charge on any atom is 0.387 e. The zero-order valence-corrected chi connectivity index (χ0v) is 9.73. The first kappa shape index (κ1) is 12.5. The third-order valence-electron chi connectivity index (χ3n) is 1.96. The molecule has 1 aromatic heterocycles. The molecule has 0 radical (unpaired) electrons. The molecule has 0 atom stereocenters. The third-order valence-corrected chi connectivity index (χ3v) is 2.14. The molecule has 2 rings (SSSR count). The monoisotopic (exact) mass is 271 g/mol. The fourth-order valence-electron chi connectivity index (χ4n) is 1.27. The van der Waals surface area contributed by atoms with Crippen LogP contribution in [0.1, 0.15) is 0 Å². The lowest BCUT2D eigenvalue weighted by atomic mass is 10.3. The molecule has 0 saturated carbocycles. The van der Waals surface area contributed by atoms with Crippen LogP contribution in [0.25, 0.3) is 0 Å². The summed E-state index contributed by atoms with van der Waals surface area (Å²) in [4.78, 5) is 7.84. The number of benzene rings is 1. The van der Waals surface area contributed by atoms with Gasteiger partial charge in [-0.25, -0.2) is 4.98 Å². The van der Waals surface area contributed by atoms with Crippen molar-refractivity contribution in [2.24, 2.45) is 0 Å². The van der Waals surface area contributed by atoms with Crippen LogP contribution in [0.3, 0.4) is 0 Å². The maximum absolute atomic E-state index is 11.9. The Bertz CT molecular complexity index is 522. The summed E-state index contributed by atoms with van der Waals surface area (Å²) in [6.45, 7) is -2.83. The number of alkyl halides is 2. The van der Waals surface area contributed by atoms with Gasteiger partial charge in [-0.15, -0.1) is 0 Å². The van der Waals surface area contributed by atoms with Crippen LogP contribution >= 0.6 is 11.6 Å². The van der Waals surface area contributed by atoms with Crippen LogP contribution in [0.2, 0.25) is 5.15 Å². The Morgan fingerprint density at radius 2 is 1.89 bits per heavy atom. The Labute approximate surface area is 107 Å².